The van der Waals surface area contributed by atoms with E-state index in [1.165, 1.54) is 0 Å². The fourth-order valence-corrected chi connectivity index (χ4v) is 2.33. The van der Waals surface area contributed by atoms with Gasteiger partial charge >= 0.3 is 5.97 Å². The smallest absolute Gasteiger partial charge is 0.307 e. The van der Waals surface area contributed by atoms with Crippen molar-refractivity contribution in [2.24, 2.45) is 0 Å². The van der Waals surface area contributed by atoms with Crippen LogP contribution in [0.5, 0.6) is 0 Å². The number of carboxylic acids is 1. The maximum absolute atomic E-state index is 11.7. The van der Waals surface area contributed by atoms with Crippen LogP contribution in [-0.2, 0) is 22.6 Å². The molecule has 1 saturated heterocycles. The summed E-state index contributed by atoms with van der Waals surface area (Å²) in [5.41, 5.74) is 1.77. The highest BCUT2D eigenvalue weighted by Gasteiger charge is 2.27. The first-order valence-electron chi connectivity index (χ1n) is 6.15. The molecule has 1 aromatic carbocycles. The van der Waals surface area contributed by atoms with Crippen LogP contribution in [0.3, 0.4) is 0 Å². The van der Waals surface area contributed by atoms with E-state index in [4.69, 9.17) is 5.11 Å². The fraction of sp³-hybridized carbons (Fsp3) is 0.429. The zero-order chi connectivity index (χ0) is 13.1. The highest BCUT2D eigenvalue weighted by molar-refractivity contribution is 5.78. The van der Waals surface area contributed by atoms with Crippen molar-refractivity contribution in [1.29, 1.82) is 0 Å². The van der Waals surface area contributed by atoms with Crippen molar-refractivity contribution >= 4 is 11.9 Å². The van der Waals surface area contributed by atoms with Gasteiger partial charge in [-0.15, -0.1) is 0 Å². The Kier molecular flexibility index (Phi) is 3.65. The molecule has 96 valence electrons. The molecule has 1 aliphatic heterocycles. The first-order valence-corrected chi connectivity index (χ1v) is 6.15. The van der Waals surface area contributed by atoms with Gasteiger partial charge in [-0.05, 0) is 24.5 Å². The summed E-state index contributed by atoms with van der Waals surface area (Å²) >= 11 is 0. The Morgan fingerprint density at radius 2 is 2.17 bits per heavy atom. The van der Waals surface area contributed by atoms with Crippen molar-refractivity contribution in [1.82, 2.24) is 4.90 Å². The quantitative estimate of drug-likeness (QED) is 0.883. The largest absolute Gasteiger partial charge is 0.481 e. The SMILES string of the molecule is CC1CCC(=O)N1Cc1cccc(CC(=O)O)c1. The second-order valence-electron chi connectivity index (χ2n) is 4.80. The molecule has 0 spiro atoms. The maximum atomic E-state index is 11.7. The number of carbonyl (C=O) groups is 2. The number of likely N-dealkylation sites (tertiary alicyclic amines) is 1. The van der Waals surface area contributed by atoms with Crippen molar-refractivity contribution < 1.29 is 14.7 Å². The number of hydrogen-bond acceptors (Lipinski definition) is 2. The monoisotopic (exact) mass is 247 g/mol. The van der Waals surface area contributed by atoms with Gasteiger partial charge < -0.3 is 10.0 Å². The molecule has 0 aromatic heterocycles. The molecule has 0 radical (unpaired) electrons. The Bertz CT molecular complexity index is 470. The third-order valence-electron chi connectivity index (χ3n) is 3.33. The number of nitrogens with zero attached hydrogens (tertiary/aromatic N) is 1. The molecular formula is C14H17NO3. The second-order valence-corrected chi connectivity index (χ2v) is 4.80. The number of amides is 1. The van der Waals surface area contributed by atoms with E-state index in [0.29, 0.717) is 13.0 Å². The highest BCUT2D eigenvalue weighted by atomic mass is 16.4. The van der Waals surface area contributed by atoms with Crippen molar-refractivity contribution in [3.05, 3.63) is 35.4 Å². The molecule has 1 N–H and O–H groups in total. The average Bonchev–Trinajstić information content (AvgIpc) is 2.60. The number of rotatable bonds is 4. The van der Waals surface area contributed by atoms with E-state index in [2.05, 4.69) is 0 Å². The van der Waals surface area contributed by atoms with E-state index in [1.54, 1.807) is 6.07 Å². The number of carboxylic acid groups (broad SMARTS) is 1. The van der Waals surface area contributed by atoms with E-state index in [0.717, 1.165) is 17.5 Å². The average molecular weight is 247 g/mol. The minimum absolute atomic E-state index is 0.0251. The van der Waals surface area contributed by atoms with E-state index >= 15 is 0 Å². The van der Waals surface area contributed by atoms with Gasteiger partial charge in [0.05, 0.1) is 6.42 Å². The second kappa shape index (κ2) is 5.21. The van der Waals surface area contributed by atoms with E-state index in [9.17, 15) is 9.59 Å². The van der Waals surface area contributed by atoms with Gasteiger partial charge in [-0.1, -0.05) is 24.3 Å². The fourth-order valence-electron chi connectivity index (χ4n) is 2.33. The normalized spacial score (nSPS) is 19.3. The van der Waals surface area contributed by atoms with Crippen LogP contribution >= 0.6 is 0 Å². The summed E-state index contributed by atoms with van der Waals surface area (Å²) in [6.07, 6.45) is 1.56. The molecular weight excluding hydrogens is 230 g/mol. The van der Waals surface area contributed by atoms with Gasteiger partial charge in [-0.3, -0.25) is 9.59 Å². The van der Waals surface area contributed by atoms with E-state index < -0.39 is 5.97 Å². The van der Waals surface area contributed by atoms with Gasteiger partial charge in [0, 0.05) is 19.0 Å². The lowest BCUT2D eigenvalue weighted by molar-refractivity contribution is -0.136. The zero-order valence-corrected chi connectivity index (χ0v) is 10.4. The maximum Gasteiger partial charge on any atom is 0.307 e. The third kappa shape index (κ3) is 2.88. The van der Waals surface area contributed by atoms with E-state index in [1.807, 2.05) is 30.0 Å². The van der Waals surface area contributed by atoms with Gasteiger partial charge in [-0.2, -0.15) is 0 Å². The van der Waals surface area contributed by atoms with Crippen LogP contribution in [0.2, 0.25) is 0 Å². The lowest BCUT2D eigenvalue weighted by Crippen LogP contribution is -2.30. The number of benzene rings is 1. The van der Waals surface area contributed by atoms with Gasteiger partial charge in [0.1, 0.15) is 0 Å². The first-order chi connectivity index (χ1) is 8.56. The molecule has 4 nitrogen and oxygen atoms in total. The molecule has 1 aliphatic rings. The third-order valence-corrected chi connectivity index (χ3v) is 3.33. The Labute approximate surface area is 106 Å². The summed E-state index contributed by atoms with van der Waals surface area (Å²) < 4.78 is 0. The van der Waals surface area contributed by atoms with Crippen LogP contribution in [0.4, 0.5) is 0 Å². The zero-order valence-electron chi connectivity index (χ0n) is 10.4. The summed E-state index contributed by atoms with van der Waals surface area (Å²) in [6.45, 7) is 2.62. The highest BCUT2D eigenvalue weighted by Crippen LogP contribution is 2.21. The summed E-state index contributed by atoms with van der Waals surface area (Å²) in [7, 11) is 0. The predicted molar refractivity (Wildman–Crippen MR) is 67.0 cm³/mol. The summed E-state index contributed by atoms with van der Waals surface area (Å²) in [5.74, 6) is -0.649. The van der Waals surface area contributed by atoms with Gasteiger partial charge in [-0.25, -0.2) is 0 Å². The molecule has 1 heterocycles. The predicted octanol–water partition coefficient (Wildman–Crippen LogP) is 1.82. The number of carbonyl (C=O) groups excluding carboxylic acids is 1. The van der Waals surface area contributed by atoms with Crippen molar-refractivity contribution in [3.8, 4) is 0 Å². The Balaban J connectivity index is 2.09. The van der Waals surface area contributed by atoms with Crippen LogP contribution < -0.4 is 0 Å². The molecule has 1 amide bonds. The molecule has 18 heavy (non-hydrogen) atoms. The van der Waals surface area contributed by atoms with Crippen molar-refractivity contribution in [2.45, 2.75) is 38.8 Å². The van der Waals surface area contributed by atoms with Crippen LogP contribution in [0.25, 0.3) is 0 Å². The van der Waals surface area contributed by atoms with Crippen LogP contribution in [0.1, 0.15) is 30.9 Å². The number of hydrogen-bond donors (Lipinski definition) is 1. The molecule has 1 atom stereocenters. The summed E-state index contributed by atoms with van der Waals surface area (Å²) in [5, 5.41) is 8.76. The summed E-state index contributed by atoms with van der Waals surface area (Å²) in [6, 6.07) is 7.72. The lowest BCUT2D eigenvalue weighted by atomic mass is 10.1. The van der Waals surface area contributed by atoms with E-state index in [-0.39, 0.29) is 18.4 Å². The van der Waals surface area contributed by atoms with Crippen molar-refractivity contribution in [2.75, 3.05) is 0 Å². The molecule has 4 heteroatoms. The standard InChI is InChI=1S/C14H17NO3/c1-10-5-6-13(16)15(10)9-12-4-2-3-11(7-12)8-14(17)18/h2-4,7,10H,5-6,8-9H2,1H3,(H,17,18). The lowest BCUT2D eigenvalue weighted by Gasteiger charge is -2.21. The summed E-state index contributed by atoms with van der Waals surface area (Å²) in [4.78, 5) is 24.2. The Morgan fingerprint density at radius 3 is 2.78 bits per heavy atom. The molecule has 2 rings (SSSR count). The van der Waals surface area contributed by atoms with Crippen LogP contribution in [-0.4, -0.2) is 27.9 Å². The van der Waals surface area contributed by atoms with Gasteiger partial charge in [0.15, 0.2) is 0 Å². The molecule has 1 aromatic rings. The molecule has 0 saturated carbocycles. The topological polar surface area (TPSA) is 57.6 Å². The van der Waals surface area contributed by atoms with Gasteiger partial charge in [0.2, 0.25) is 5.91 Å². The number of aliphatic carboxylic acids is 1. The van der Waals surface area contributed by atoms with Gasteiger partial charge in [0.25, 0.3) is 0 Å². The molecule has 0 bridgehead atoms. The molecule has 1 fully saturated rings. The minimum atomic E-state index is -0.835. The van der Waals surface area contributed by atoms with Crippen LogP contribution in [0.15, 0.2) is 24.3 Å². The minimum Gasteiger partial charge on any atom is -0.481 e. The van der Waals surface area contributed by atoms with Crippen molar-refractivity contribution in [3.63, 3.8) is 0 Å². The Morgan fingerprint density at radius 1 is 1.44 bits per heavy atom. The van der Waals surface area contributed by atoms with Crippen LogP contribution in [0, 0.1) is 0 Å². The Hall–Kier alpha value is -1.84. The molecule has 1 unspecified atom stereocenters. The molecule has 0 aliphatic carbocycles. The first kappa shape index (κ1) is 12.6.